The molecule has 2 heterocycles. The van der Waals surface area contributed by atoms with Gasteiger partial charge in [-0.3, -0.25) is 0 Å². The summed E-state index contributed by atoms with van der Waals surface area (Å²) in [4.78, 5) is 6.76. The molecule has 1 aromatic rings. The second kappa shape index (κ2) is 5.69. The van der Waals surface area contributed by atoms with Gasteiger partial charge < -0.3 is 10.6 Å². The summed E-state index contributed by atoms with van der Waals surface area (Å²) in [5.74, 6) is 1.84. The third-order valence-corrected chi connectivity index (χ3v) is 3.82. The number of rotatable bonds is 2. The van der Waals surface area contributed by atoms with Crippen LogP contribution in [0.4, 0.5) is 5.82 Å². The van der Waals surface area contributed by atoms with Crippen LogP contribution < -0.4 is 10.6 Å². The number of aromatic nitrogens is 1. The Hall–Kier alpha value is -0.800. The van der Waals surface area contributed by atoms with E-state index in [0.717, 1.165) is 30.4 Å². The van der Waals surface area contributed by atoms with E-state index in [1.54, 1.807) is 6.20 Å². The summed E-state index contributed by atoms with van der Waals surface area (Å²) < 4.78 is 0. The highest BCUT2D eigenvalue weighted by Gasteiger charge is 2.15. The topological polar surface area (TPSA) is 42.1 Å². The number of halogens is 1. The maximum absolute atomic E-state index is 6.03. The fourth-order valence-corrected chi connectivity index (χ4v) is 2.47. The van der Waals surface area contributed by atoms with Crippen molar-refractivity contribution < 1.29 is 0 Å². The Labute approximate surface area is 108 Å². The number of hydrogen-bond acceptors (Lipinski definition) is 3. The standard InChI is InChI=1S/C13H20ClN3/c1-10-3-2-5-17(6-4-10)13-7-11(8-15)12(14)9-16-13/h7,9-10H,2-6,8,15H2,1H3. The summed E-state index contributed by atoms with van der Waals surface area (Å²) >= 11 is 6.03. The molecular formula is C13H20ClN3. The highest BCUT2D eigenvalue weighted by atomic mass is 35.5. The van der Waals surface area contributed by atoms with Crippen molar-refractivity contribution in [2.45, 2.75) is 32.7 Å². The third-order valence-electron chi connectivity index (χ3n) is 3.48. The van der Waals surface area contributed by atoms with Gasteiger partial charge in [-0.25, -0.2) is 4.98 Å². The van der Waals surface area contributed by atoms with E-state index in [2.05, 4.69) is 16.8 Å². The summed E-state index contributed by atoms with van der Waals surface area (Å²) in [5.41, 5.74) is 6.65. The molecule has 1 aromatic heterocycles. The van der Waals surface area contributed by atoms with Crippen molar-refractivity contribution in [3.63, 3.8) is 0 Å². The first kappa shape index (κ1) is 12.7. The number of nitrogens with two attached hydrogens (primary N) is 1. The van der Waals surface area contributed by atoms with Crippen LogP contribution in [0.25, 0.3) is 0 Å². The second-order valence-electron chi connectivity index (χ2n) is 4.86. The summed E-state index contributed by atoms with van der Waals surface area (Å²) in [6, 6.07) is 2.03. The van der Waals surface area contributed by atoms with E-state index >= 15 is 0 Å². The molecule has 2 N–H and O–H groups in total. The quantitative estimate of drug-likeness (QED) is 0.881. The minimum absolute atomic E-state index is 0.471. The Morgan fingerprint density at radius 3 is 3.06 bits per heavy atom. The zero-order chi connectivity index (χ0) is 12.3. The molecule has 0 amide bonds. The highest BCUT2D eigenvalue weighted by Crippen LogP contribution is 2.24. The highest BCUT2D eigenvalue weighted by molar-refractivity contribution is 6.31. The van der Waals surface area contributed by atoms with Crippen LogP contribution in [0, 0.1) is 5.92 Å². The zero-order valence-corrected chi connectivity index (χ0v) is 11.1. The molecule has 17 heavy (non-hydrogen) atoms. The van der Waals surface area contributed by atoms with Gasteiger partial charge >= 0.3 is 0 Å². The normalized spacial score (nSPS) is 21.4. The summed E-state index contributed by atoms with van der Waals surface area (Å²) in [6.07, 6.45) is 5.51. The van der Waals surface area contributed by atoms with Gasteiger partial charge in [0.05, 0.1) is 5.02 Å². The number of hydrogen-bond donors (Lipinski definition) is 1. The Morgan fingerprint density at radius 2 is 2.29 bits per heavy atom. The predicted molar refractivity (Wildman–Crippen MR) is 72.4 cm³/mol. The molecule has 3 nitrogen and oxygen atoms in total. The van der Waals surface area contributed by atoms with E-state index in [4.69, 9.17) is 17.3 Å². The Kier molecular flexibility index (Phi) is 4.24. The lowest BCUT2D eigenvalue weighted by molar-refractivity contribution is 0.521. The molecule has 1 saturated heterocycles. The maximum Gasteiger partial charge on any atom is 0.128 e. The molecule has 1 aliphatic rings. The molecule has 0 aromatic carbocycles. The van der Waals surface area contributed by atoms with Gasteiger partial charge in [0, 0.05) is 25.8 Å². The van der Waals surface area contributed by atoms with E-state index in [9.17, 15) is 0 Å². The maximum atomic E-state index is 6.03. The lowest BCUT2D eigenvalue weighted by Crippen LogP contribution is -2.25. The molecular weight excluding hydrogens is 234 g/mol. The predicted octanol–water partition coefficient (Wildman–Crippen LogP) is 2.82. The molecule has 0 spiro atoms. The van der Waals surface area contributed by atoms with Crippen LogP contribution in [0.3, 0.4) is 0 Å². The average Bonchev–Trinajstić information content (AvgIpc) is 2.55. The summed E-state index contributed by atoms with van der Waals surface area (Å²) in [6.45, 7) is 4.96. The first-order chi connectivity index (χ1) is 8.20. The van der Waals surface area contributed by atoms with Crippen molar-refractivity contribution in [1.82, 2.24) is 4.98 Å². The summed E-state index contributed by atoms with van der Waals surface area (Å²) in [7, 11) is 0. The Bertz CT molecular complexity index is 381. The zero-order valence-electron chi connectivity index (χ0n) is 10.3. The van der Waals surface area contributed by atoms with Gasteiger partial charge in [-0.15, -0.1) is 0 Å². The van der Waals surface area contributed by atoms with E-state index in [1.807, 2.05) is 6.07 Å². The minimum Gasteiger partial charge on any atom is -0.357 e. The SMILES string of the molecule is CC1CCCN(c2cc(CN)c(Cl)cn2)CC1. The molecule has 0 bridgehead atoms. The fraction of sp³-hybridized carbons (Fsp3) is 0.615. The van der Waals surface area contributed by atoms with Crippen molar-refractivity contribution in [2.24, 2.45) is 11.7 Å². The number of nitrogens with zero attached hydrogens (tertiary/aromatic N) is 2. The molecule has 1 atom stereocenters. The third kappa shape index (κ3) is 3.11. The molecule has 0 saturated carbocycles. The second-order valence-corrected chi connectivity index (χ2v) is 5.27. The van der Waals surface area contributed by atoms with Gasteiger partial charge in [0.1, 0.15) is 5.82 Å². The van der Waals surface area contributed by atoms with Crippen molar-refractivity contribution in [1.29, 1.82) is 0 Å². The number of anilines is 1. The van der Waals surface area contributed by atoms with E-state index in [1.165, 1.54) is 19.3 Å². The smallest absolute Gasteiger partial charge is 0.128 e. The van der Waals surface area contributed by atoms with E-state index < -0.39 is 0 Å². The van der Waals surface area contributed by atoms with Gasteiger partial charge in [0.2, 0.25) is 0 Å². The van der Waals surface area contributed by atoms with Crippen LogP contribution in [0.15, 0.2) is 12.3 Å². The van der Waals surface area contributed by atoms with Crippen LogP contribution in [0.5, 0.6) is 0 Å². The molecule has 1 unspecified atom stereocenters. The van der Waals surface area contributed by atoms with Gasteiger partial charge in [-0.2, -0.15) is 0 Å². The monoisotopic (exact) mass is 253 g/mol. The fourth-order valence-electron chi connectivity index (χ4n) is 2.29. The van der Waals surface area contributed by atoms with Crippen LogP contribution >= 0.6 is 11.6 Å². The molecule has 1 aliphatic heterocycles. The van der Waals surface area contributed by atoms with Gasteiger partial charge in [-0.1, -0.05) is 18.5 Å². The minimum atomic E-state index is 0.471. The van der Waals surface area contributed by atoms with Crippen molar-refractivity contribution in [3.8, 4) is 0 Å². The van der Waals surface area contributed by atoms with Crippen molar-refractivity contribution >= 4 is 17.4 Å². The van der Waals surface area contributed by atoms with Crippen LogP contribution in [0.1, 0.15) is 31.7 Å². The van der Waals surface area contributed by atoms with Crippen molar-refractivity contribution in [3.05, 3.63) is 22.8 Å². The average molecular weight is 254 g/mol. The largest absolute Gasteiger partial charge is 0.357 e. The molecule has 4 heteroatoms. The van der Waals surface area contributed by atoms with Gasteiger partial charge in [0.15, 0.2) is 0 Å². The van der Waals surface area contributed by atoms with Crippen LogP contribution in [0.2, 0.25) is 5.02 Å². The first-order valence-corrected chi connectivity index (χ1v) is 6.68. The van der Waals surface area contributed by atoms with Crippen molar-refractivity contribution in [2.75, 3.05) is 18.0 Å². The van der Waals surface area contributed by atoms with Gasteiger partial charge in [0.25, 0.3) is 0 Å². The lowest BCUT2D eigenvalue weighted by atomic mass is 10.0. The lowest BCUT2D eigenvalue weighted by Gasteiger charge is -2.22. The Morgan fingerprint density at radius 1 is 1.47 bits per heavy atom. The van der Waals surface area contributed by atoms with E-state index in [-0.39, 0.29) is 0 Å². The Balaban J connectivity index is 2.15. The molecule has 2 rings (SSSR count). The summed E-state index contributed by atoms with van der Waals surface area (Å²) in [5, 5.41) is 0.666. The first-order valence-electron chi connectivity index (χ1n) is 6.30. The molecule has 0 radical (unpaired) electrons. The van der Waals surface area contributed by atoms with Gasteiger partial charge in [-0.05, 0) is 36.8 Å². The van der Waals surface area contributed by atoms with Crippen LogP contribution in [-0.4, -0.2) is 18.1 Å². The molecule has 94 valence electrons. The molecule has 1 fully saturated rings. The molecule has 0 aliphatic carbocycles. The van der Waals surface area contributed by atoms with Crippen LogP contribution in [-0.2, 0) is 6.54 Å². The number of pyridine rings is 1. The van der Waals surface area contributed by atoms with E-state index in [0.29, 0.717) is 11.6 Å².